The SMILES string of the molecule is Cc1cc(=O)[nH]c(NN=Cc2ccccc2C(F)(F)F)n1. The molecule has 0 unspecified atom stereocenters. The molecule has 0 saturated carbocycles. The topological polar surface area (TPSA) is 70.1 Å². The molecule has 1 heterocycles. The number of nitrogens with one attached hydrogen (secondary N) is 2. The summed E-state index contributed by atoms with van der Waals surface area (Å²) in [6, 6.07) is 6.32. The molecule has 0 aliphatic rings. The van der Waals surface area contributed by atoms with Gasteiger partial charge in [-0.15, -0.1) is 0 Å². The van der Waals surface area contributed by atoms with Crippen LogP contribution in [-0.2, 0) is 6.18 Å². The minimum Gasteiger partial charge on any atom is -0.291 e. The number of aromatic amines is 1. The van der Waals surface area contributed by atoms with Crippen molar-refractivity contribution >= 4 is 12.2 Å². The van der Waals surface area contributed by atoms with E-state index in [2.05, 4.69) is 20.5 Å². The van der Waals surface area contributed by atoms with Crippen LogP contribution in [0.25, 0.3) is 0 Å². The Morgan fingerprint density at radius 1 is 1.33 bits per heavy atom. The van der Waals surface area contributed by atoms with Crippen LogP contribution < -0.4 is 11.0 Å². The van der Waals surface area contributed by atoms with E-state index in [9.17, 15) is 18.0 Å². The van der Waals surface area contributed by atoms with Gasteiger partial charge < -0.3 is 0 Å². The van der Waals surface area contributed by atoms with Gasteiger partial charge in [0.15, 0.2) is 0 Å². The third-order valence-corrected chi connectivity index (χ3v) is 2.51. The predicted molar refractivity (Wildman–Crippen MR) is 72.3 cm³/mol. The monoisotopic (exact) mass is 296 g/mol. The third-order valence-electron chi connectivity index (χ3n) is 2.51. The van der Waals surface area contributed by atoms with Gasteiger partial charge in [0.2, 0.25) is 5.95 Å². The first-order valence-corrected chi connectivity index (χ1v) is 5.89. The highest BCUT2D eigenvalue weighted by Crippen LogP contribution is 2.31. The van der Waals surface area contributed by atoms with Crippen molar-refractivity contribution in [3.05, 3.63) is 57.5 Å². The van der Waals surface area contributed by atoms with Crippen molar-refractivity contribution < 1.29 is 13.2 Å². The molecule has 5 nitrogen and oxygen atoms in total. The molecule has 0 bridgehead atoms. The standard InChI is InChI=1S/C13H11F3N4O/c1-8-6-11(21)19-12(18-8)20-17-7-9-4-2-3-5-10(9)13(14,15)16/h2-7H,1H3,(H2,18,19,20,21). The number of anilines is 1. The van der Waals surface area contributed by atoms with E-state index in [4.69, 9.17) is 0 Å². The van der Waals surface area contributed by atoms with Gasteiger partial charge in [0, 0.05) is 17.3 Å². The van der Waals surface area contributed by atoms with Gasteiger partial charge in [-0.2, -0.15) is 18.3 Å². The quantitative estimate of drug-likeness (QED) is 0.675. The van der Waals surface area contributed by atoms with Crippen LogP contribution in [0.4, 0.5) is 19.1 Å². The lowest BCUT2D eigenvalue weighted by Gasteiger charge is -2.09. The Labute approximate surface area is 117 Å². The van der Waals surface area contributed by atoms with Crippen LogP contribution in [0.1, 0.15) is 16.8 Å². The first-order chi connectivity index (χ1) is 9.86. The second-order valence-electron chi connectivity index (χ2n) is 4.19. The van der Waals surface area contributed by atoms with Crippen molar-refractivity contribution in [1.82, 2.24) is 9.97 Å². The molecule has 0 saturated heterocycles. The van der Waals surface area contributed by atoms with Crippen molar-refractivity contribution in [3.8, 4) is 0 Å². The Bertz CT molecular complexity index is 722. The number of rotatable bonds is 3. The highest BCUT2D eigenvalue weighted by atomic mass is 19.4. The molecule has 0 fully saturated rings. The predicted octanol–water partition coefficient (Wildman–Crippen LogP) is 2.54. The molecule has 0 aliphatic heterocycles. The van der Waals surface area contributed by atoms with Crippen LogP contribution >= 0.6 is 0 Å². The highest BCUT2D eigenvalue weighted by molar-refractivity contribution is 5.82. The van der Waals surface area contributed by atoms with Crippen LogP contribution in [0, 0.1) is 6.92 Å². The van der Waals surface area contributed by atoms with E-state index in [1.165, 1.54) is 24.3 Å². The van der Waals surface area contributed by atoms with Gasteiger partial charge in [-0.05, 0) is 13.0 Å². The lowest BCUT2D eigenvalue weighted by atomic mass is 10.1. The smallest absolute Gasteiger partial charge is 0.291 e. The molecule has 110 valence electrons. The molecule has 2 rings (SSSR count). The molecule has 1 aromatic heterocycles. The molecule has 8 heteroatoms. The number of nitrogens with zero attached hydrogens (tertiary/aromatic N) is 2. The Kier molecular flexibility index (Phi) is 4.06. The normalized spacial score (nSPS) is 11.8. The van der Waals surface area contributed by atoms with Crippen molar-refractivity contribution in [1.29, 1.82) is 0 Å². The van der Waals surface area contributed by atoms with Crippen LogP contribution in [0.5, 0.6) is 0 Å². The lowest BCUT2D eigenvalue weighted by molar-refractivity contribution is -0.137. The molecule has 1 aromatic carbocycles. The Morgan fingerprint density at radius 3 is 2.71 bits per heavy atom. The number of aromatic nitrogens is 2. The summed E-state index contributed by atoms with van der Waals surface area (Å²) >= 11 is 0. The second kappa shape index (κ2) is 5.78. The fourth-order valence-corrected chi connectivity index (χ4v) is 1.66. The molecule has 0 amide bonds. The number of H-pyrrole nitrogens is 1. The number of hydrogen-bond donors (Lipinski definition) is 2. The summed E-state index contributed by atoms with van der Waals surface area (Å²) in [5.41, 5.74) is 1.59. The Morgan fingerprint density at radius 2 is 2.05 bits per heavy atom. The fraction of sp³-hybridized carbons (Fsp3) is 0.154. The summed E-state index contributed by atoms with van der Waals surface area (Å²) in [6.07, 6.45) is -3.44. The van der Waals surface area contributed by atoms with Crippen molar-refractivity contribution in [2.75, 3.05) is 5.43 Å². The average molecular weight is 296 g/mol. The van der Waals surface area contributed by atoms with E-state index in [1.54, 1.807) is 6.92 Å². The number of hydrogen-bond acceptors (Lipinski definition) is 4. The zero-order valence-electron chi connectivity index (χ0n) is 10.9. The fourth-order valence-electron chi connectivity index (χ4n) is 1.66. The van der Waals surface area contributed by atoms with Gasteiger partial charge >= 0.3 is 6.18 Å². The molecular formula is C13H11F3N4O. The minimum atomic E-state index is -4.46. The highest BCUT2D eigenvalue weighted by Gasteiger charge is 2.32. The Hall–Kier alpha value is -2.64. The number of benzene rings is 1. The summed E-state index contributed by atoms with van der Waals surface area (Å²) < 4.78 is 38.3. The van der Waals surface area contributed by atoms with E-state index in [0.717, 1.165) is 12.3 Å². The summed E-state index contributed by atoms with van der Waals surface area (Å²) in [5, 5.41) is 3.66. The van der Waals surface area contributed by atoms with Gasteiger partial charge in [0.25, 0.3) is 5.56 Å². The van der Waals surface area contributed by atoms with E-state index < -0.39 is 11.7 Å². The summed E-state index contributed by atoms with van der Waals surface area (Å²) in [5.74, 6) is 0.0562. The first kappa shape index (κ1) is 14.8. The van der Waals surface area contributed by atoms with Crippen LogP contribution in [-0.4, -0.2) is 16.2 Å². The summed E-state index contributed by atoms with van der Waals surface area (Å²) in [4.78, 5) is 17.5. The van der Waals surface area contributed by atoms with Gasteiger partial charge in [0.1, 0.15) is 0 Å². The average Bonchev–Trinajstić information content (AvgIpc) is 2.37. The summed E-state index contributed by atoms with van der Waals surface area (Å²) in [6.45, 7) is 1.61. The molecular weight excluding hydrogens is 285 g/mol. The molecule has 21 heavy (non-hydrogen) atoms. The van der Waals surface area contributed by atoms with Gasteiger partial charge in [-0.25, -0.2) is 10.4 Å². The maximum absolute atomic E-state index is 12.8. The number of aryl methyl sites for hydroxylation is 1. The zero-order chi connectivity index (χ0) is 15.5. The van der Waals surface area contributed by atoms with Crippen molar-refractivity contribution in [2.24, 2.45) is 5.10 Å². The Balaban J connectivity index is 2.21. The maximum atomic E-state index is 12.8. The molecule has 0 radical (unpaired) electrons. The first-order valence-electron chi connectivity index (χ1n) is 5.89. The lowest BCUT2D eigenvalue weighted by Crippen LogP contribution is -2.11. The van der Waals surface area contributed by atoms with Crippen molar-refractivity contribution in [3.63, 3.8) is 0 Å². The van der Waals surface area contributed by atoms with E-state index in [0.29, 0.717) is 5.69 Å². The zero-order valence-corrected chi connectivity index (χ0v) is 10.9. The van der Waals surface area contributed by atoms with Crippen LogP contribution in [0.3, 0.4) is 0 Å². The summed E-state index contributed by atoms with van der Waals surface area (Å²) in [7, 11) is 0. The maximum Gasteiger partial charge on any atom is 0.417 e. The molecule has 0 spiro atoms. The van der Waals surface area contributed by atoms with Gasteiger partial charge in [-0.3, -0.25) is 9.78 Å². The van der Waals surface area contributed by atoms with Crippen LogP contribution in [0.2, 0.25) is 0 Å². The van der Waals surface area contributed by atoms with E-state index in [-0.39, 0.29) is 17.1 Å². The molecule has 0 aliphatic carbocycles. The largest absolute Gasteiger partial charge is 0.417 e. The van der Waals surface area contributed by atoms with Crippen molar-refractivity contribution in [2.45, 2.75) is 13.1 Å². The molecule has 2 N–H and O–H groups in total. The van der Waals surface area contributed by atoms with Gasteiger partial charge in [-0.1, -0.05) is 18.2 Å². The second-order valence-corrected chi connectivity index (χ2v) is 4.19. The molecule has 0 atom stereocenters. The van der Waals surface area contributed by atoms with Crippen LogP contribution in [0.15, 0.2) is 40.2 Å². The van der Waals surface area contributed by atoms with E-state index in [1.807, 2.05) is 0 Å². The van der Waals surface area contributed by atoms with Gasteiger partial charge in [0.05, 0.1) is 11.8 Å². The molecule has 2 aromatic rings. The number of hydrazone groups is 1. The minimum absolute atomic E-state index is 0.0562. The number of alkyl halides is 3. The number of halogens is 3. The third kappa shape index (κ3) is 3.91. The van der Waals surface area contributed by atoms with E-state index >= 15 is 0 Å².